The van der Waals surface area contributed by atoms with Gasteiger partial charge in [0.1, 0.15) is 0 Å². The highest BCUT2D eigenvalue weighted by molar-refractivity contribution is 9.10. The molecule has 70 valence electrons. The summed E-state index contributed by atoms with van der Waals surface area (Å²) in [6, 6.07) is 5.31. The number of halogens is 1. The lowest BCUT2D eigenvalue weighted by atomic mass is 10.3. The highest BCUT2D eigenvalue weighted by Crippen LogP contribution is 2.39. The summed E-state index contributed by atoms with van der Waals surface area (Å²) in [4.78, 5) is 0. The zero-order chi connectivity index (χ0) is 9.64. The van der Waals surface area contributed by atoms with Crippen LogP contribution in [0.3, 0.4) is 0 Å². The van der Waals surface area contributed by atoms with Crippen molar-refractivity contribution in [3.8, 4) is 0 Å². The Morgan fingerprint density at radius 2 is 2.15 bits per heavy atom. The van der Waals surface area contributed by atoms with Gasteiger partial charge in [0.25, 0.3) is 0 Å². The molecule has 0 atom stereocenters. The molecule has 1 aromatic carbocycles. The quantitative estimate of drug-likeness (QED) is 0.772. The molecule has 0 spiro atoms. The Morgan fingerprint density at radius 1 is 1.46 bits per heavy atom. The summed E-state index contributed by atoms with van der Waals surface area (Å²) < 4.78 is 27.1. The number of nitrogens with zero attached hydrogens (tertiary/aromatic N) is 1. The summed E-state index contributed by atoms with van der Waals surface area (Å²) in [6.45, 7) is 0. The van der Waals surface area contributed by atoms with Gasteiger partial charge in [0.2, 0.25) is 0 Å². The third-order valence-electron chi connectivity index (χ3n) is 1.90. The van der Waals surface area contributed by atoms with Gasteiger partial charge in [-0.15, -0.1) is 0 Å². The topological polar surface area (TPSA) is 49.4 Å². The first-order chi connectivity index (χ1) is 6.02. The summed E-state index contributed by atoms with van der Waals surface area (Å²) in [6.07, 6.45) is 0. The van der Waals surface area contributed by atoms with E-state index in [-0.39, 0.29) is 0 Å². The lowest BCUT2D eigenvalue weighted by Gasteiger charge is -2.09. The van der Waals surface area contributed by atoms with E-state index in [9.17, 15) is 8.42 Å². The minimum absolute atomic E-state index is 0.608. The number of benzene rings is 1. The van der Waals surface area contributed by atoms with Crippen molar-refractivity contribution in [3.63, 3.8) is 0 Å². The van der Waals surface area contributed by atoms with Crippen LogP contribution in [0.5, 0.6) is 0 Å². The van der Waals surface area contributed by atoms with Crippen LogP contribution in [-0.2, 0) is 10.2 Å². The van der Waals surface area contributed by atoms with Gasteiger partial charge in [0.15, 0.2) is 0 Å². The normalized spacial score (nSPS) is 18.2. The molecular formula is C7H7BrN2O2S. The van der Waals surface area contributed by atoms with Gasteiger partial charge in [-0.25, -0.2) is 0 Å². The van der Waals surface area contributed by atoms with Crippen LogP contribution in [-0.4, -0.2) is 15.5 Å². The number of hydrogen-bond donors (Lipinski definition) is 1. The minimum atomic E-state index is -3.35. The Bertz CT molecular complexity index is 458. The van der Waals surface area contributed by atoms with Crippen LogP contribution in [0.1, 0.15) is 0 Å². The molecule has 0 amide bonds. The number of para-hydroxylation sites is 1. The van der Waals surface area contributed by atoms with E-state index in [1.54, 1.807) is 18.2 Å². The zero-order valence-corrected chi connectivity index (χ0v) is 9.18. The van der Waals surface area contributed by atoms with Crippen molar-refractivity contribution in [3.05, 3.63) is 22.7 Å². The molecule has 1 aromatic rings. The zero-order valence-electron chi connectivity index (χ0n) is 6.78. The van der Waals surface area contributed by atoms with Gasteiger partial charge in [-0.05, 0) is 28.1 Å². The van der Waals surface area contributed by atoms with Crippen molar-refractivity contribution >= 4 is 37.5 Å². The van der Waals surface area contributed by atoms with Crippen LogP contribution < -0.4 is 9.03 Å². The fourth-order valence-electron chi connectivity index (χ4n) is 1.25. The fourth-order valence-corrected chi connectivity index (χ4v) is 3.01. The van der Waals surface area contributed by atoms with Gasteiger partial charge in [-0.2, -0.15) is 8.42 Å². The first-order valence-corrected chi connectivity index (χ1v) is 5.81. The van der Waals surface area contributed by atoms with Crippen molar-refractivity contribution in [1.82, 2.24) is 0 Å². The molecule has 0 fully saturated rings. The Balaban J connectivity index is 2.70. The summed E-state index contributed by atoms with van der Waals surface area (Å²) in [5.41, 5.74) is 1.26. The van der Waals surface area contributed by atoms with Crippen molar-refractivity contribution in [1.29, 1.82) is 0 Å². The number of anilines is 2. The van der Waals surface area contributed by atoms with Gasteiger partial charge in [-0.3, -0.25) is 9.03 Å². The molecule has 0 saturated carbocycles. The first kappa shape index (κ1) is 8.83. The molecule has 0 saturated heterocycles. The van der Waals surface area contributed by atoms with Gasteiger partial charge < -0.3 is 0 Å². The Labute approximate surface area is 84.9 Å². The molecule has 1 N–H and O–H groups in total. The summed E-state index contributed by atoms with van der Waals surface area (Å²) in [7, 11) is -1.84. The summed E-state index contributed by atoms with van der Waals surface area (Å²) in [5, 5.41) is 0. The maximum atomic E-state index is 11.4. The average Bonchev–Trinajstić information content (AvgIpc) is 2.24. The standard InChI is InChI=1S/C7H7BrN2O2S/c1-10-7-5(8)3-2-4-6(7)9-13(10,11)12/h2-4,9H,1H3. The van der Waals surface area contributed by atoms with Crippen molar-refractivity contribution < 1.29 is 8.42 Å². The van der Waals surface area contributed by atoms with E-state index in [0.29, 0.717) is 11.4 Å². The van der Waals surface area contributed by atoms with Gasteiger partial charge in [-0.1, -0.05) is 6.07 Å². The van der Waals surface area contributed by atoms with Gasteiger partial charge in [0.05, 0.1) is 11.4 Å². The Kier molecular flexibility index (Phi) is 1.78. The van der Waals surface area contributed by atoms with Crippen LogP contribution in [0.2, 0.25) is 0 Å². The number of fused-ring (bicyclic) bond motifs is 1. The molecular weight excluding hydrogens is 256 g/mol. The molecule has 1 aliphatic rings. The van der Waals surface area contributed by atoms with E-state index >= 15 is 0 Å². The van der Waals surface area contributed by atoms with E-state index < -0.39 is 10.2 Å². The molecule has 4 nitrogen and oxygen atoms in total. The van der Waals surface area contributed by atoms with E-state index in [4.69, 9.17) is 0 Å². The maximum Gasteiger partial charge on any atom is 0.323 e. The lowest BCUT2D eigenvalue weighted by Crippen LogP contribution is -2.25. The highest BCUT2D eigenvalue weighted by atomic mass is 79.9. The van der Waals surface area contributed by atoms with E-state index in [1.165, 1.54) is 11.4 Å². The molecule has 0 aromatic heterocycles. The minimum Gasteiger partial charge on any atom is -0.264 e. The number of rotatable bonds is 0. The van der Waals surface area contributed by atoms with Crippen molar-refractivity contribution in [2.24, 2.45) is 0 Å². The van der Waals surface area contributed by atoms with Gasteiger partial charge >= 0.3 is 10.2 Å². The molecule has 1 heterocycles. The van der Waals surface area contributed by atoms with Crippen molar-refractivity contribution in [2.45, 2.75) is 0 Å². The second-order valence-corrected chi connectivity index (χ2v) is 5.27. The molecule has 6 heteroatoms. The van der Waals surface area contributed by atoms with E-state index in [1.807, 2.05) is 0 Å². The second-order valence-electron chi connectivity index (χ2n) is 2.71. The van der Waals surface area contributed by atoms with Crippen LogP contribution >= 0.6 is 15.9 Å². The SMILES string of the molecule is CN1c2c(Br)cccc2NS1(=O)=O. The highest BCUT2D eigenvalue weighted by Gasteiger charge is 2.30. The molecule has 13 heavy (non-hydrogen) atoms. The number of hydrogen-bond acceptors (Lipinski definition) is 2. The second kappa shape index (κ2) is 2.62. The molecule has 1 aliphatic heterocycles. The average molecular weight is 263 g/mol. The summed E-state index contributed by atoms with van der Waals surface area (Å²) in [5.74, 6) is 0. The molecule has 0 bridgehead atoms. The third-order valence-corrected chi connectivity index (χ3v) is 3.92. The lowest BCUT2D eigenvalue weighted by molar-refractivity contribution is 0.601. The van der Waals surface area contributed by atoms with Crippen LogP contribution in [0.25, 0.3) is 0 Å². The van der Waals surface area contributed by atoms with E-state index in [2.05, 4.69) is 20.7 Å². The predicted octanol–water partition coefficient (Wildman–Crippen LogP) is 1.56. The largest absolute Gasteiger partial charge is 0.323 e. The van der Waals surface area contributed by atoms with Gasteiger partial charge in [0, 0.05) is 11.5 Å². The number of nitrogens with one attached hydrogen (secondary N) is 1. The van der Waals surface area contributed by atoms with Crippen LogP contribution in [0.4, 0.5) is 11.4 Å². The van der Waals surface area contributed by atoms with E-state index in [0.717, 1.165) is 4.47 Å². The summed E-state index contributed by atoms with van der Waals surface area (Å²) >= 11 is 3.29. The smallest absolute Gasteiger partial charge is 0.264 e. The fraction of sp³-hybridized carbons (Fsp3) is 0.143. The molecule has 0 aliphatic carbocycles. The third kappa shape index (κ3) is 1.21. The van der Waals surface area contributed by atoms with Crippen LogP contribution in [0, 0.1) is 0 Å². The molecule has 2 rings (SSSR count). The Morgan fingerprint density at radius 3 is 2.77 bits per heavy atom. The molecule has 0 unspecified atom stereocenters. The monoisotopic (exact) mass is 262 g/mol. The predicted molar refractivity (Wildman–Crippen MR) is 55.1 cm³/mol. The maximum absolute atomic E-state index is 11.4. The first-order valence-electron chi connectivity index (χ1n) is 3.57. The van der Waals surface area contributed by atoms with Crippen LogP contribution in [0.15, 0.2) is 22.7 Å². The molecule has 0 radical (unpaired) electrons. The Hall–Kier alpha value is -0.750. The van der Waals surface area contributed by atoms with Crippen molar-refractivity contribution in [2.75, 3.05) is 16.1 Å².